The Kier molecular flexibility index (Phi) is 3.25. The highest BCUT2D eigenvalue weighted by Crippen LogP contribution is 2.27. The van der Waals surface area contributed by atoms with Gasteiger partial charge in [0.25, 0.3) is 0 Å². The van der Waals surface area contributed by atoms with E-state index in [0.29, 0.717) is 13.0 Å². The SMILES string of the molecule is N#CCCn1nc(-c2ccncc2)c2c1CCNC2. The molecule has 0 saturated heterocycles. The number of nitrogens with zero attached hydrogens (tertiary/aromatic N) is 4. The van der Waals surface area contributed by atoms with E-state index < -0.39 is 0 Å². The minimum Gasteiger partial charge on any atom is -0.312 e. The maximum atomic E-state index is 8.74. The van der Waals surface area contributed by atoms with Crippen LogP contribution in [0, 0.1) is 11.3 Å². The average molecular weight is 253 g/mol. The van der Waals surface area contributed by atoms with Crippen LogP contribution in [0.2, 0.25) is 0 Å². The number of aromatic nitrogens is 3. The lowest BCUT2D eigenvalue weighted by Crippen LogP contribution is -2.25. The van der Waals surface area contributed by atoms with Gasteiger partial charge >= 0.3 is 0 Å². The zero-order chi connectivity index (χ0) is 13.1. The highest BCUT2D eigenvalue weighted by atomic mass is 15.3. The van der Waals surface area contributed by atoms with Gasteiger partial charge < -0.3 is 5.32 Å². The van der Waals surface area contributed by atoms with E-state index in [1.807, 2.05) is 16.8 Å². The van der Waals surface area contributed by atoms with E-state index in [1.165, 1.54) is 11.3 Å². The number of nitriles is 1. The van der Waals surface area contributed by atoms with Crippen LogP contribution in [0.5, 0.6) is 0 Å². The molecule has 0 bridgehead atoms. The Morgan fingerprint density at radius 3 is 3.00 bits per heavy atom. The Hall–Kier alpha value is -2.19. The molecule has 2 aromatic heterocycles. The molecule has 5 heteroatoms. The fraction of sp³-hybridized carbons (Fsp3) is 0.357. The molecule has 5 nitrogen and oxygen atoms in total. The molecule has 0 aromatic carbocycles. The van der Waals surface area contributed by atoms with E-state index in [-0.39, 0.29) is 0 Å². The minimum atomic E-state index is 0.497. The van der Waals surface area contributed by atoms with E-state index in [0.717, 1.165) is 30.8 Å². The van der Waals surface area contributed by atoms with Crippen LogP contribution in [0.3, 0.4) is 0 Å². The summed E-state index contributed by atoms with van der Waals surface area (Å²) < 4.78 is 2.00. The van der Waals surface area contributed by atoms with Crippen molar-refractivity contribution in [3.05, 3.63) is 35.8 Å². The van der Waals surface area contributed by atoms with Crippen molar-refractivity contribution >= 4 is 0 Å². The second kappa shape index (κ2) is 5.21. The molecule has 3 rings (SSSR count). The van der Waals surface area contributed by atoms with E-state index in [2.05, 4.69) is 16.4 Å². The molecule has 0 amide bonds. The number of nitrogens with one attached hydrogen (secondary N) is 1. The van der Waals surface area contributed by atoms with Crippen LogP contribution >= 0.6 is 0 Å². The summed E-state index contributed by atoms with van der Waals surface area (Å²) in [5, 5.41) is 16.8. The number of pyridine rings is 1. The van der Waals surface area contributed by atoms with Crippen LogP contribution in [0.25, 0.3) is 11.3 Å². The number of fused-ring (bicyclic) bond motifs is 1. The van der Waals surface area contributed by atoms with Crippen molar-refractivity contribution in [2.45, 2.75) is 25.9 Å². The zero-order valence-electron chi connectivity index (χ0n) is 10.6. The quantitative estimate of drug-likeness (QED) is 0.900. The first-order valence-corrected chi connectivity index (χ1v) is 6.47. The zero-order valence-corrected chi connectivity index (χ0v) is 10.6. The van der Waals surface area contributed by atoms with Crippen LogP contribution in [-0.2, 0) is 19.5 Å². The Bertz CT molecular complexity index is 609. The summed E-state index contributed by atoms with van der Waals surface area (Å²) >= 11 is 0. The fourth-order valence-corrected chi connectivity index (χ4v) is 2.50. The second-order valence-electron chi connectivity index (χ2n) is 4.57. The van der Waals surface area contributed by atoms with E-state index in [4.69, 9.17) is 10.4 Å². The van der Waals surface area contributed by atoms with Gasteiger partial charge in [-0.3, -0.25) is 9.67 Å². The van der Waals surface area contributed by atoms with Crippen molar-refractivity contribution in [3.63, 3.8) is 0 Å². The van der Waals surface area contributed by atoms with Gasteiger partial charge in [-0.1, -0.05) is 0 Å². The Balaban J connectivity index is 2.05. The number of rotatable bonds is 3. The molecular formula is C14H15N5. The number of aryl methyl sites for hydroxylation is 1. The third kappa shape index (κ3) is 2.23. The van der Waals surface area contributed by atoms with Gasteiger partial charge in [0.05, 0.1) is 24.7 Å². The van der Waals surface area contributed by atoms with Crippen LogP contribution < -0.4 is 5.32 Å². The third-order valence-electron chi connectivity index (χ3n) is 3.40. The summed E-state index contributed by atoms with van der Waals surface area (Å²) in [6.45, 7) is 2.49. The molecule has 3 heterocycles. The van der Waals surface area contributed by atoms with Crippen LogP contribution in [0.4, 0.5) is 0 Å². The first kappa shape index (κ1) is 11.9. The van der Waals surface area contributed by atoms with E-state index in [9.17, 15) is 0 Å². The minimum absolute atomic E-state index is 0.497. The summed E-state index contributed by atoms with van der Waals surface area (Å²) in [5.41, 5.74) is 4.63. The summed E-state index contributed by atoms with van der Waals surface area (Å²) in [6.07, 6.45) is 5.04. The molecule has 1 aliphatic heterocycles. The summed E-state index contributed by atoms with van der Waals surface area (Å²) in [6, 6.07) is 6.14. The van der Waals surface area contributed by atoms with Gasteiger partial charge in [0, 0.05) is 48.7 Å². The molecule has 2 aromatic rings. The molecule has 0 unspecified atom stereocenters. The van der Waals surface area contributed by atoms with Gasteiger partial charge in [0.2, 0.25) is 0 Å². The summed E-state index contributed by atoms with van der Waals surface area (Å²) in [5.74, 6) is 0. The molecule has 19 heavy (non-hydrogen) atoms. The van der Waals surface area contributed by atoms with Gasteiger partial charge in [-0.2, -0.15) is 10.4 Å². The molecular weight excluding hydrogens is 238 g/mol. The summed E-state index contributed by atoms with van der Waals surface area (Å²) in [4.78, 5) is 4.05. The first-order chi connectivity index (χ1) is 9.40. The molecule has 96 valence electrons. The molecule has 0 saturated carbocycles. The average Bonchev–Trinajstić information content (AvgIpc) is 2.85. The molecule has 0 aliphatic carbocycles. The topological polar surface area (TPSA) is 66.5 Å². The molecule has 1 aliphatic rings. The van der Waals surface area contributed by atoms with Gasteiger partial charge in [0.15, 0.2) is 0 Å². The highest BCUT2D eigenvalue weighted by molar-refractivity contribution is 5.63. The maximum absolute atomic E-state index is 8.74. The van der Waals surface area contributed by atoms with E-state index >= 15 is 0 Å². The first-order valence-electron chi connectivity index (χ1n) is 6.47. The molecule has 0 atom stereocenters. The second-order valence-corrected chi connectivity index (χ2v) is 4.57. The van der Waals surface area contributed by atoms with Crippen LogP contribution in [0.15, 0.2) is 24.5 Å². The lowest BCUT2D eigenvalue weighted by Gasteiger charge is -2.15. The van der Waals surface area contributed by atoms with Gasteiger partial charge in [-0.05, 0) is 12.1 Å². The molecule has 0 spiro atoms. The highest BCUT2D eigenvalue weighted by Gasteiger charge is 2.21. The van der Waals surface area contributed by atoms with Crippen LogP contribution in [-0.4, -0.2) is 21.3 Å². The Labute approximate surface area is 111 Å². The predicted molar refractivity (Wildman–Crippen MR) is 71.1 cm³/mol. The van der Waals surface area contributed by atoms with Gasteiger partial charge in [-0.15, -0.1) is 0 Å². The predicted octanol–water partition coefficient (Wildman–Crippen LogP) is 1.50. The van der Waals surface area contributed by atoms with Crippen molar-refractivity contribution in [3.8, 4) is 17.3 Å². The third-order valence-corrected chi connectivity index (χ3v) is 3.40. The lowest BCUT2D eigenvalue weighted by molar-refractivity contribution is 0.557. The fourth-order valence-electron chi connectivity index (χ4n) is 2.50. The largest absolute Gasteiger partial charge is 0.312 e. The van der Waals surface area contributed by atoms with Crippen molar-refractivity contribution in [2.75, 3.05) is 6.54 Å². The molecule has 0 radical (unpaired) electrons. The Morgan fingerprint density at radius 1 is 1.37 bits per heavy atom. The van der Waals surface area contributed by atoms with Gasteiger partial charge in [-0.25, -0.2) is 0 Å². The van der Waals surface area contributed by atoms with Gasteiger partial charge in [0.1, 0.15) is 0 Å². The van der Waals surface area contributed by atoms with Crippen molar-refractivity contribution in [1.29, 1.82) is 5.26 Å². The Morgan fingerprint density at radius 2 is 2.21 bits per heavy atom. The molecule has 0 fully saturated rings. The normalized spacial score (nSPS) is 13.8. The lowest BCUT2D eigenvalue weighted by atomic mass is 10.0. The maximum Gasteiger partial charge on any atom is 0.0972 e. The molecule has 1 N–H and O–H groups in total. The van der Waals surface area contributed by atoms with Crippen molar-refractivity contribution < 1.29 is 0 Å². The van der Waals surface area contributed by atoms with Crippen molar-refractivity contribution in [2.24, 2.45) is 0 Å². The number of hydrogen-bond donors (Lipinski definition) is 1. The van der Waals surface area contributed by atoms with Crippen LogP contribution in [0.1, 0.15) is 17.7 Å². The standard InChI is InChI=1S/C14H15N5/c15-5-1-9-19-13-4-8-17-10-12(13)14(18-19)11-2-6-16-7-3-11/h2-3,6-7,17H,1,4,8-10H2. The van der Waals surface area contributed by atoms with Crippen molar-refractivity contribution in [1.82, 2.24) is 20.1 Å². The number of hydrogen-bond acceptors (Lipinski definition) is 4. The van der Waals surface area contributed by atoms with E-state index in [1.54, 1.807) is 12.4 Å². The smallest absolute Gasteiger partial charge is 0.0972 e. The monoisotopic (exact) mass is 253 g/mol. The summed E-state index contributed by atoms with van der Waals surface area (Å²) in [7, 11) is 0.